The van der Waals surface area contributed by atoms with E-state index in [2.05, 4.69) is 41.8 Å². The summed E-state index contributed by atoms with van der Waals surface area (Å²) in [6, 6.07) is 6.67. The van der Waals surface area contributed by atoms with Gasteiger partial charge in [-0.15, -0.1) is 0 Å². The fourth-order valence-corrected chi connectivity index (χ4v) is 4.16. The van der Waals surface area contributed by atoms with Crippen LogP contribution in [0.25, 0.3) is 22.2 Å². The number of nitrogens with zero attached hydrogens (tertiary/aromatic N) is 5. The van der Waals surface area contributed by atoms with Gasteiger partial charge in [-0.3, -0.25) is 9.36 Å². The summed E-state index contributed by atoms with van der Waals surface area (Å²) in [4.78, 5) is 14.2. The molecule has 1 amide bonds. The predicted octanol–water partition coefficient (Wildman–Crippen LogP) is 4.63. The van der Waals surface area contributed by atoms with Gasteiger partial charge in [-0.25, -0.2) is 4.79 Å². The van der Waals surface area contributed by atoms with E-state index in [0.29, 0.717) is 19.1 Å². The Morgan fingerprint density at radius 1 is 1.17 bits per heavy atom. The van der Waals surface area contributed by atoms with E-state index in [4.69, 9.17) is 9.84 Å². The molecule has 160 valence electrons. The van der Waals surface area contributed by atoms with Crippen LogP contribution in [0.3, 0.4) is 0 Å². The van der Waals surface area contributed by atoms with Crippen molar-refractivity contribution in [2.75, 3.05) is 13.1 Å². The lowest BCUT2D eigenvalue weighted by molar-refractivity contribution is 0.0184. The van der Waals surface area contributed by atoms with Crippen molar-refractivity contribution in [2.45, 2.75) is 59.1 Å². The second-order valence-corrected chi connectivity index (χ2v) is 9.24. The Hall–Kier alpha value is -2.83. The fraction of sp³-hybridized carbons (Fsp3) is 0.522. The highest BCUT2D eigenvalue weighted by atomic mass is 16.6. The maximum Gasteiger partial charge on any atom is 0.410 e. The number of piperidine rings is 1. The van der Waals surface area contributed by atoms with Gasteiger partial charge in [0.15, 0.2) is 0 Å². The number of carbonyl (C=O) groups is 1. The number of carbonyl (C=O) groups excluding carboxylic acids is 1. The number of aromatic nitrogens is 4. The lowest BCUT2D eigenvalue weighted by Gasteiger charge is -2.33. The molecule has 0 unspecified atom stereocenters. The molecule has 7 nitrogen and oxygen atoms in total. The molecule has 30 heavy (non-hydrogen) atoms. The standard InChI is InChI=1S/C23H31N5O2/c1-15-16(2)28(19-9-11-27(12-10-19)22(29)30-23(3,4)5)25-21(15)17-7-8-20-18(13-17)14-24-26(20)6/h7-8,13-14,19H,9-12H2,1-6H3. The van der Waals surface area contributed by atoms with Crippen LogP contribution in [0.15, 0.2) is 24.4 Å². The summed E-state index contributed by atoms with van der Waals surface area (Å²) in [6.45, 7) is 11.4. The molecule has 1 saturated heterocycles. The fourth-order valence-electron chi connectivity index (χ4n) is 4.16. The third-order valence-corrected chi connectivity index (χ3v) is 5.93. The Kier molecular flexibility index (Phi) is 5.08. The monoisotopic (exact) mass is 409 g/mol. The van der Waals surface area contributed by atoms with Crippen LogP contribution in [-0.4, -0.2) is 49.2 Å². The Morgan fingerprint density at radius 3 is 2.53 bits per heavy atom. The Morgan fingerprint density at radius 2 is 1.87 bits per heavy atom. The van der Waals surface area contributed by atoms with E-state index in [1.807, 2.05) is 43.6 Å². The largest absolute Gasteiger partial charge is 0.444 e. The minimum absolute atomic E-state index is 0.222. The minimum Gasteiger partial charge on any atom is -0.444 e. The summed E-state index contributed by atoms with van der Waals surface area (Å²) in [5.74, 6) is 0. The summed E-state index contributed by atoms with van der Waals surface area (Å²) in [5.41, 5.74) is 5.17. The molecule has 1 aliphatic heterocycles. The van der Waals surface area contributed by atoms with Crippen molar-refractivity contribution < 1.29 is 9.53 Å². The number of aryl methyl sites for hydroxylation is 1. The van der Waals surface area contributed by atoms with Gasteiger partial charge >= 0.3 is 6.09 Å². The van der Waals surface area contributed by atoms with Crippen LogP contribution in [-0.2, 0) is 11.8 Å². The molecule has 3 heterocycles. The van der Waals surface area contributed by atoms with Crippen molar-refractivity contribution in [3.63, 3.8) is 0 Å². The van der Waals surface area contributed by atoms with Crippen molar-refractivity contribution in [1.82, 2.24) is 24.5 Å². The molecule has 1 aliphatic rings. The molecule has 0 bridgehead atoms. The van der Waals surface area contributed by atoms with Gasteiger partial charge in [-0.1, -0.05) is 6.07 Å². The van der Waals surface area contributed by atoms with E-state index < -0.39 is 5.60 Å². The summed E-state index contributed by atoms with van der Waals surface area (Å²) >= 11 is 0. The van der Waals surface area contributed by atoms with Gasteiger partial charge in [0.05, 0.1) is 23.4 Å². The molecule has 1 aromatic carbocycles. The van der Waals surface area contributed by atoms with E-state index in [1.54, 1.807) is 0 Å². The number of hydrogen-bond acceptors (Lipinski definition) is 4. The number of fused-ring (bicyclic) bond motifs is 1. The highest BCUT2D eigenvalue weighted by Gasteiger charge is 2.29. The number of ether oxygens (including phenoxy) is 1. The molecule has 0 radical (unpaired) electrons. The molecule has 3 aromatic rings. The van der Waals surface area contributed by atoms with Crippen molar-refractivity contribution in [2.24, 2.45) is 7.05 Å². The molecule has 7 heteroatoms. The average molecular weight is 410 g/mol. The van der Waals surface area contributed by atoms with Crippen molar-refractivity contribution in [1.29, 1.82) is 0 Å². The zero-order valence-electron chi connectivity index (χ0n) is 18.8. The average Bonchev–Trinajstić information content (AvgIpc) is 3.21. The topological polar surface area (TPSA) is 65.2 Å². The first kappa shape index (κ1) is 20.4. The van der Waals surface area contributed by atoms with Crippen LogP contribution in [0.1, 0.15) is 50.9 Å². The second-order valence-electron chi connectivity index (χ2n) is 9.24. The molecule has 1 fully saturated rings. The van der Waals surface area contributed by atoms with Gasteiger partial charge in [0.1, 0.15) is 5.60 Å². The van der Waals surface area contributed by atoms with Gasteiger partial charge < -0.3 is 9.64 Å². The maximum atomic E-state index is 12.4. The van der Waals surface area contributed by atoms with E-state index >= 15 is 0 Å². The molecule has 0 saturated carbocycles. The Bertz CT molecular complexity index is 1080. The maximum absolute atomic E-state index is 12.4. The first-order valence-corrected chi connectivity index (χ1v) is 10.6. The highest BCUT2D eigenvalue weighted by Crippen LogP contribution is 2.32. The van der Waals surface area contributed by atoms with Gasteiger partial charge in [-0.05, 0) is 65.2 Å². The SMILES string of the molecule is Cc1c(-c2ccc3c(cnn3C)c2)nn(C2CCN(C(=O)OC(C)(C)C)CC2)c1C. The summed E-state index contributed by atoms with van der Waals surface area (Å²) < 4.78 is 9.56. The van der Waals surface area contributed by atoms with Crippen LogP contribution >= 0.6 is 0 Å². The van der Waals surface area contributed by atoms with Crippen LogP contribution in [0.2, 0.25) is 0 Å². The number of benzene rings is 1. The molecule has 2 aromatic heterocycles. The van der Waals surface area contributed by atoms with Crippen molar-refractivity contribution in [3.05, 3.63) is 35.7 Å². The van der Waals surface area contributed by atoms with Crippen LogP contribution < -0.4 is 0 Å². The lowest BCUT2D eigenvalue weighted by atomic mass is 10.0. The van der Waals surface area contributed by atoms with E-state index in [0.717, 1.165) is 35.0 Å². The zero-order valence-corrected chi connectivity index (χ0v) is 18.8. The lowest BCUT2D eigenvalue weighted by Crippen LogP contribution is -2.42. The van der Waals surface area contributed by atoms with Gasteiger partial charge in [0, 0.05) is 36.8 Å². The smallest absolute Gasteiger partial charge is 0.410 e. The predicted molar refractivity (Wildman–Crippen MR) is 117 cm³/mol. The second kappa shape index (κ2) is 7.45. The van der Waals surface area contributed by atoms with E-state index in [9.17, 15) is 4.79 Å². The third kappa shape index (κ3) is 3.80. The van der Waals surface area contributed by atoms with Gasteiger partial charge in [0.25, 0.3) is 0 Å². The molecular weight excluding hydrogens is 378 g/mol. The number of likely N-dealkylation sites (tertiary alicyclic amines) is 1. The molecule has 0 spiro atoms. The van der Waals surface area contributed by atoms with Crippen LogP contribution in [0.5, 0.6) is 0 Å². The van der Waals surface area contributed by atoms with Gasteiger partial charge in [0.2, 0.25) is 0 Å². The van der Waals surface area contributed by atoms with E-state index in [-0.39, 0.29) is 6.09 Å². The van der Waals surface area contributed by atoms with Crippen molar-refractivity contribution >= 4 is 17.0 Å². The minimum atomic E-state index is -0.464. The summed E-state index contributed by atoms with van der Waals surface area (Å²) in [7, 11) is 1.95. The van der Waals surface area contributed by atoms with Gasteiger partial charge in [-0.2, -0.15) is 10.2 Å². The highest BCUT2D eigenvalue weighted by molar-refractivity contribution is 5.84. The number of amides is 1. The molecule has 0 atom stereocenters. The normalized spacial score (nSPS) is 15.7. The van der Waals surface area contributed by atoms with Crippen LogP contribution in [0.4, 0.5) is 4.79 Å². The Balaban J connectivity index is 1.53. The quantitative estimate of drug-likeness (QED) is 0.619. The molecule has 4 rings (SSSR count). The zero-order chi connectivity index (χ0) is 21.6. The third-order valence-electron chi connectivity index (χ3n) is 5.93. The van der Waals surface area contributed by atoms with Crippen molar-refractivity contribution in [3.8, 4) is 11.3 Å². The van der Waals surface area contributed by atoms with E-state index in [1.165, 1.54) is 11.3 Å². The first-order valence-electron chi connectivity index (χ1n) is 10.6. The summed E-state index contributed by atoms with van der Waals surface area (Å²) in [5, 5.41) is 10.5. The first-order chi connectivity index (χ1) is 14.1. The number of hydrogen-bond donors (Lipinski definition) is 0. The molecular formula is C23H31N5O2. The Labute approximate surface area is 177 Å². The molecule has 0 N–H and O–H groups in total. The summed E-state index contributed by atoms with van der Waals surface area (Å²) in [6.07, 6.45) is 3.43. The van der Waals surface area contributed by atoms with Crippen LogP contribution in [0, 0.1) is 13.8 Å². The number of rotatable bonds is 2. The molecule has 0 aliphatic carbocycles.